The molecule has 0 bridgehead atoms. The molecule has 26 heavy (non-hydrogen) atoms. The summed E-state index contributed by atoms with van der Waals surface area (Å²) < 4.78 is 10.6. The van der Waals surface area contributed by atoms with Crippen molar-refractivity contribution in [3.63, 3.8) is 0 Å². The van der Waals surface area contributed by atoms with E-state index in [4.69, 9.17) is 9.47 Å². The number of hydrogen-bond acceptors (Lipinski definition) is 5. The topological polar surface area (TPSA) is 76.2 Å². The third-order valence-electron chi connectivity index (χ3n) is 5.51. The first kappa shape index (κ1) is 16.9. The van der Waals surface area contributed by atoms with Crippen molar-refractivity contribution >= 4 is 17.7 Å². The second-order valence-electron chi connectivity index (χ2n) is 7.20. The molecule has 1 aliphatic carbocycles. The van der Waals surface area contributed by atoms with E-state index in [2.05, 4.69) is 0 Å². The summed E-state index contributed by atoms with van der Waals surface area (Å²) in [5.74, 6) is 0.319. The van der Waals surface area contributed by atoms with E-state index >= 15 is 0 Å². The SMILES string of the molecule is CN(Cc1ccc2c(c1)OCO2)C(=O)CN1C(=O)[C@H]2CCCC[C@H]2C1=O. The third-order valence-corrected chi connectivity index (χ3v) is 5.51. The zero-order valence-electron chi connectivity index (χ0n) is 14.8. The molecule has 0 radical (unpaired) electrons. The van der Waals surface area contributed by atoms with Crippen LogP contribution in [0.5, 0.6) is 11.5 Å². The minimum absolute atomic E-state index is 0.175. The number of fused-ring (bicyclic) bond motifs is 2. The summed E-state index contributed by atoms with van der Waals surface area (Å²) in [7, 11) is 1.67. The monoisotopic (exact) mass is 358 g/mol. The molecule has 4 rings (SSSR count). The van der Waals surface area contributed by atoms with Gasteiger partial charge in [-0.15, -0.1) is 0 Å². The molecule has 0 aromatic heterocycles. The number of ether oxygens (including phenoxy) is 2. The Morgan fingerprint density at radius 2 is 1.77 bits per heavy atom. The maximum atomic E-state index is 12.6. The predicted molar refractivity (Wildman–Crippen MR) is 91.2 cm³/mol. The first-order valence-electron chi connectivity index (χ1n) is 9.02. The fraction of sp³-hybridized carbons (Fsp3) is 0.526. The van der Waals surface area contributed by atoms with Crippen molar-refractivity contribution in [2.75, 3.05) is 20.4 Å². The molecule has 1 saturated carbocycles. The van der Waals surface area contributed by atoms with Crippen molar-refractivity contribution in [1.82, 2.24) is 9.80 Å². The smallest absolute Gasteiger partial charge is 0.242 e. The highest BCUT2D eigenvalue weighted by Gasteiger charge is 2.48. The predicted octanol–water partition coefficient (Wildman–Crippen LogP) is 1.55. The van der Waals surface area contributed by atoms with Gasteiger partial charge >= 0.3 is 0 Å². The number of hydrogen-bond donors (Lipinski definition) is 0. The van der Waals surface area contributed by atoms with Gasteiger partial charge in [-0.05, 0) is 30.5 Å². The van der Waals surface area contributed by atoms with E-state index < -0.39 is 0 Å². The van der Waals surface area contributed by atoms with Crippen LogP contribution in [0.3, 0.4) is 0 Å². The van der Waals surface area contributed by atoms with Gasteiger partial charge in [0, 0.05) is 13.6 Å². The Bertz CT molecular complexity index is 738. The maximum absolute atomic E-state index is 12.6. The minimum atomic E-state index is -0.247. The van der Waals surface area contributed by atoms with Crippen molar-refractivity contribution in [2.24, 2.45) is 11.8 Å². The van der Waals surface area contributed by atoms with E-state index in [9.17, 15) is 14.4 Å². The lowest BCUT2D eigenvalue weighted by atomic mass is 9.81. The maximum Gasteiger partial charge on any atom is 0.242 e. The molecule has 2 fully saturated rings. The number of carbonyl (C=O) groups is 3. The molecule has 2 heterocycles. The van der Waals surface area contributed by atoms with Crippen LogP contribution in [0, 0.1) is 11.8 Å². The molecule has 3 amide bonds. The second-order valence-corrected chi connectivity index (χ2v) is 7.20. The van der Waals surface area contributed by atoms with Crippen LogP contribution in [-0.4, -0.2) is 47.9 Å². The summed E-state index contributed by atoms with van der Waals surface area (Å²) >= 11 is 0. The molecule has 1 saturated heterocycles. The number of benzene rings is 1. The van der Waals surface area contributed by atoms with Gasteiger partial charge in [-0.25, -0.2) is 0 Å². The van der Waals surface area contributed by atoms with Gasteiger partial charge in [-0.1, -0.05) is 18.9 Å². The van der Waals surface area contributed by atoms with E-state index in [1.807, 2.05) is 18.2 Å². The lowest BCUT2D eigenvalue weighted by Crippen LogP contribution is -2.41. The lowest BCUT2D eigenvalue weighted by Gasteiger charge is -2.21. The van der Waals surface area contributed by atoms with Gasteiger partial charge in [-0.3, -0.25) is 19.3 Å². The first-order chi connectivity index (χ1) is 12.5. The Hall–Kier alpha value is -2.57. The van der Waals surface area contributed by atoms with Crippen molar-refractivity contribution in [3.05, 3.63) is 23.8 Å². The number of nitrogens with zero attached hydrogens (tertiary/aromatic N) is 2. The Labute approximate surface area is 151 Å². The number of likely N-dealkylation sites (N-methyl/N-ethyl adjacent to an activating group) is 1. The molecule has 138 valence electrons. The standard InChI is InChI=1S/C19H22N2O5/c1-20(9-12-6-7-15-16(8-12)26-11-25-15)17(22)10-21-18(23)13-4-2-3-5-14(13)19(21)24/h6-8,13-14H,2-5,9-11H2,1H3/t13-,14+. The summed E-state index contributed by atoms with van der Waals surface area (Å²) in [4.78, 5) is 40.2. The first-order valence-corrected chi connectivity index (χ1v) is 9.02. The number of imide groups is 1. The van der Waals surface area contributed by atoms with Gasteiger partial charge in [0.05, 0.1) is 11.8 Å². The third kappa shape index (κ3) is 2.91. The zero-order chi connectivity index (χ0) is 18.3. The highest BCUT2D eigenvalue weighted by molar-refractivity contribution is 6.07. The fourth-order valence-corrected chi connectivity index (χ4v) is 4.04. The largest absolute Gasteiger partial charge is 0.454 e. The van der Waals surface area contributed by atoms with Crippen LogP contribution in [-0.2, 0) is 20.9 Å². The molecule has 1 aromatic carbocycles. The van der Waals surface area contributed by atoms with Crippen molar-refractivity contribution in [1.29, 1.82) is 0 Å². The molecule has 7 heteroatoms. The van der Waals surface area contributed by atoms with Gasteiger partial charge in [0.2, 0.25) is 24.5 Å². The minimum Gasteiger partial charge on any atom is -0.454 e. The van der Waals surface area contributed by atoms with Crippen LogP contribution in [0.2, 0.25) is 0 Å². The molecule has 7 nitrogen and oxygen atoms in total. The molecule has 0 unspecified atom stereocenters. The summed E-state index contributed by atoms with van der Waals surface area (Å²) in [6, 6.07) is 5.53. The molecular formula is C19H22N2O5. The molecule has 2 aliphatic heterocycles. The summed E-state index contributed by atoms with van der Waals surface area (Å²) in [5, 5.41) is 0. The zero-order valence-corrected chi connectivity index (χ0v) is 14.8. The normalized spacial score (nSPS) is 24.0. The van der Waals surface area contributed by atoms with Crippen molar-refractivity contribution in [3.8, 4) is 11.5 Å². The molecule has 0 N–H and O–H groups in total. The van der Waals surface area contributed by atoms with E-state index in [1.54, 1.807) is 7.05 Å². The number of amides is 3. The molecule has 0 spiro atoms. The number of carbonyl (C=O) groups excluding carboxylic acids is 3. The Morgan fingerprint density at radius 1 is 1.12 bits per heavy atom. The fourth-order valence-electron chi connectivity index (χ4n) is 4.04. The van der Waals surface area contributed by atoms with Crippen molar-refractivity contribution < 1.29 is 23.9 Å². The van der Waals surface area contributed by atoms with Crippen LogP contribution < -0.4 is 9.47 Å². The Kier molecular flexibility index (Phi) is 4.30. The lowest BCUT2D eigenvalue weighted by molar-refractivity contribution is -0.146. The van der Waals surface area contributed by atoms with E-state index in [0.717, 1.165) is 31.2 Å². The van der Waals surface area contributed by atoms with Crippen molar-refractivity contribution in [2.45, 2.75) is 32.2 Å². The quantitative estimate of drug-likeness (QED) is 0.764. The van der Waals surface area contributed by atoms with Gasteiger partial charge < -0.3 is 14.4 Å². The molecular weight excluding hydrogens is 336 g/mol. The Morgan fingerprint density at radius 3 is 2.46 bits per heavy atom. The van der Waals surface area contributed by atoms with Crippen LogP contribution >= 0.6 is 0 Å². The molecule has 2 atom stereocenters. The summed E-state index contributed by atoms with van der Waals surface area (Å²) in [6.45, 7) is 0.402. The highest BCUT2D eigenvalue weighted by atomic mass is 16.7. The van der Waals surface area contributed by atoms with Gasteiger partial charge in [-0.2, -0.15) is 0 Å². The van der Waals surface area contributed by atoms with Gasteiger partial charge in [0.15, 0.2) is 11.5 Å². The van der Waals surface area contributed by atoms with E-state index in [-0.39, 0.29) is 42.9 Å². The molecule has 3 aliphatic rings. The van der Waals surface area contributed by atoms with Crippen LogP contribution in [0.25, 0.3) is 0 Å². The van der Waals surface area contributed by atoms with E-state index in [1.165, 1.54) is 9.80 Å². The summed E-state index contributed by atoms with van der Waals surface area (Å²) in [5.41, 5.74) is 0.901. The average molecular weight is 358 g/mol. The molecule has 1 aromatic rings. The van der Waals surface area contributed by atoms with E-state index in [0.29, 0.717) is 18.0 Å². The number of likely N-dealkylation sites (tertiary alicyclic amines) is 1. The second kappa shape index (κ2) is 6.63. The van der Waals surface area contributed by atoms with Crippen LogP contribution in [0.15, 0.2) is 18.2 Å². The Balaban J connectivity index is 1.40. The average Bonchev–Trinajstić information content (AvgIpc) is 3.20. The van der Waals surface area contributed by atoms with Crippen LogP contribution in [0.4, 0.5) is 0 Å². The number of rotatable bonds is 4. The van der Waals surface area contributed by atoms with Crippen LogP contribution in [0.1, 0.15) is 31.2 Å². The van der Waals surface area contributed by atoms with Gasteiger partial charge in [0.1, 0.15) is 6.54 Å². The highest BCUT2D eigenvalue weighted by Crippen LogP contribution is 2.38. The van der Waals surface area contributed by atoms with Gasteiger partial charge in [0.25, 0.3) is 0 Å². The summed E-state index contributed by atoms with van der Waals surface area (Å²) in [6.07, 6.45) is 3.47.